The number of carbonyl (C=O) groups excluding carboxylic acids is 2. The van der Waals surface area contributed by atoms with Crippen LogP contribution in [0.5, 0.6) is 0 Å². The lowest BCUT2D eigenvalue weighted by Gasteiger charge is -2.22. The largest absolute Gasteiger partial charge is 0.469 e. The molecule has 0 saturated carbocycles. The lowest BCUT2D eigenvalue weighted by molar-refractivity contribution is -0.121. The highest BCUT2D eigenvalue weighted by molar-refractivity contribution is 5.95. The first-order valence-corrected chi connectivity index (χ1v) is 7.68. The van der Waals surface area contributed by atoms with Crippen LogP contribution in [0, 0.1) is 6.92 Å². The van der Waals surface area contributed by atoms with Crippen LogP contribution in [-0.4, -0.2) is 63.8 Å². The number of amides is 2. The molecule has 1 heterocycles. The zero-order chi connectivity index (χ0) is 17.1. The van der Waals surface area contributed by atoms with Crippen LogP contribution in [0.3, 0.4) is 0 Å². The van der Waals surface area contributed by atoms with Gasteiger partial charge < -0.3 is 24.1 Å². The van der Waals surface area contributed by atoms with Crippen molar-refractivity contribution < 1.29 is 23.5 Å². The minimum absolute atomic E-state index is 0.0831. The number of furan rings is 1. The van der Waals surface area contributed by atoms with Gasteiger partial charge in [-0.05, 0) is 19.4 Å². The van der Waals surface area contributed by atoms with Gasteiger partial charge in [0.25, 0.3) is 5.91 Å². The Morgan fingerprint density at radius 2 is 1.96 bits per heavy atom. The van der Waals surface area contributed by atoms with Gasteiger partial charge in [0.1, 0.15) is 5.76 Å². The van der Waals surface area contributed by atoms with Gasteiger partial charge in [-0.15, -0.1) is 0 Å². The van der Waals surface area contributed by atoms with Gasteiger partial charge in [0.15, 0.2) is 0 Å². The number of rotatable bonds is 11. The number of carbonyl (C=O) groups is 2. The van der Waals surface area contributed by atoms with Gasteiger partial charge in [0.05, 0.1) is 18.4 Å². The third-order valence-corrected chi connectivity index (χ3v) is 3.40. The van der Waals surface area contributed by atoms with Crippen molar-refractivity contribution in [2.45, 2.75) is 19.8 Å². The van der Waals surface area contributed by atoms with E-state index in [0.717, 1.165) is 6.42 Å². The molecule has 2 amide bonds. The molecule has 0 fully saturated rings. The lowest BCUT2D eigenvalue weighted by atomic mass is 10.2. The molecule has 1 N–H and O–H groups in total. The first kappa shape index (κ1) is 19.2. The van der Waals surface area contributed by atoms with Crippen LogP contribution < -0.4 is 5.32 Å². The highest BCUT2D eigenvalue weighted by Crippen LogP contribution is 2.12. The Bertz CT molecular complexity index is 487. The molecule has 1 aromatic rings. The van der Waals surface area contributed by atoms with Crippen molar-refractivity contribution in [3.8, 4) is 0 Å². The smallest absolute Gasteiger partial charge is 0.257 e. The summed E-state index contributed by atoms with van der Waals surface area (Å²) in [6.45, 7) is 4.10. The summed E-state index contributed by atoms with van der Waals surface area (Å²) >= 11 is 0. The van der Waals surface area contributed by atoms with Crippen LogP contribution in [0.15, 0.2) is 16.7 Å². The van der Waals surface area contributed by atoms with Gasteiger partial charge in [-0.25, -0.2) is 0 Å². The summed E-state index contributed by atoms with van der Waals surface area (Å²) in [7, 11) is 3.20. The SMILES string of the molecule is COCCCNC(=O)CCN(CCOC)C(=O)c1ccoc1C. The Kier molecular flexibility index (Phi) is 9.01. The molecule has 23 heavy (non-hydrogen) atoms. The van der Waals surface area contributed by atoms with Crippen molar-refractivity contribution >= 4 is 11.8 Å². The molecule has 7 heteroatoms. The summed E-state index contributed by atoms with van der Waals surface area (Å²) in [5.41, 5.74) is 0.515. The fraction of sp³-hybridized carbons (Fsp3) is 0.625. The van der Waals surface area contributed by atoms with E-state index in [0.29, 0.717) is 44.2 Å². The van der Waals surface area contributed by atoms with Crippen molar-refractivity contribution in [1.82, 2.24) is 10.2 Å². The number of hydrogen-bond donors (Lipinski definition) is 1. The maximum Gasteiger partial charge on any atom is 0.257 e. The number of methoxy groups -OCH3 is 2. The van der Waals surface area contributed by atoms with Crippen LogP contribution in [0.4, 0.5) is 0 Å². The average Bonchev–Trinajstić information content (AvgIpc) is 2.97. The van der Waals surface area contributed by atoms with Gasteiger partial charge in [0, 0.05) is 46.9 Å². The van der Waals surface area contributed by atoms with E-state index >= 15 is 0 Å². The van der Waals surface area contributed by atoms with E-state index in [9.17, 15) is 9.59 Å². The molecule has 0 aliphatic heterocycles. The molecule has 1 rings (SSSR count). The van der Waals surface area contributed by atoms with Crippen molar-refractivity contribution in [1.29, 1.82) is 0 Å². The minimum atomic E-state index is -0.152. The van der Waals surface area contributed by atoms with Gasteiger partial charge in [0.2, 0.25) is 5.91 Å². The second-order valence-corrected chi connectivity index (χ2v) is 5.12. The van der Waals surface area contributed by atoms with E-state index in [1.54, 1.807) is 32.1 Å². The van der Waals surface area contributed by atoms with E-state index < -0.39 is 0 Å². The van der Waals surface area contributed by atoms with E-state index in [4.69, 9.17) is 13.9 Å². The molecule has 0 aromatic carbocycles. The van der Waals surface area contributed by atoms with E-state index in [-0.39, 0.29) is 18.2 Å². The van der Waals surface area contributed by atoms with Crippen LogP contribution in [0.25, 0.3) is 0 Å². The van der Waals surface area contributed by atoms with Gasteiger partial charge >= 0.3 is 0 Å². The maximum absolute atomic E-state index is 12.5. The Morgan fingerprint density at radius 1 is 1.22 bits per heavy atom. The van der Waals surface area contributed by atoms with Crippen LogP contribution in [0.2, 0.25) is 0 Å². The highest BCUT2D eigenvalue weighted by atomic mass is 16.5. The highest BCUT2D eigenvalue weighted by Gasteiger charge is 2.19. The minimum Gasteiger partial charge on any atom is -0.469 e. The quantitative estimate of drug-likeness (QED) is 0.618. The van der Waals surface area contributed by atoms with Crippen LogP contribution >= 0.6 is 0 Å². The molecular weight excluding hydrogens is 300 g/mol. The molecule has 0 radical (unpaired) electrons. The Hall–Kier alpha value is -1.86. The standard InChI is InChI=1S/C16H26N2O5/c1-13-14(6-11-23-13)16(20)18(9-12-22-3)8-5-15(19)17-7-4-10-21-2/h6,11H,4-5,7-10,12H2,1-3H3,(H,17,19). The molecule has 0 unspecified atom stereocenters. The summed E-state index contributed by atoms with van der Waals surface area (Å²) in [5, 5.41) is 2.81. The van der Waals surface area contributed by atoms with Crippen LogP contribution in [0.1, 0.15) is 29.0 Å². The number of hydrogen-bond acceptors (Lipinski definition) is 5. The molecule has 0 aliphatic rings. The van der Waals surface area contributed by atoms with E-state index in [1.807, 2.05) is 0 Å². The maximum atomic E-state index is 12.5. The Labute approximate surface area is 136 Å². The summed E-state index contributed by atoms with van der Waals surface area (Å²) in [5.74, 6) is 0.335. The summed E-state index contributed by atoms with van der Waals surface area (Å²) < 4.78 is 15.1. The monoisotopic (exact) mass is 326 g/mol. The molecule has 1 aromatic heterocycles. The third-order valence-electron chi connectivity index (χ3n) is 3.40. The normalized spacial score (nSPS) is 10.6. The number of aryl methyl sites for hydroxylation is 1. The van der Waals surface area contributed by atoms with Gasteiger partial charge in [-0.2, -0.15) is 0 Å². The first-order chi connectivity index (χ1) is 11.1. The molecule has 7 nitrogen and oxygen atoms in total. The van der Waals surface area contributed by atoms with Crippen molar-refractivity contribution in [2.24, 2.45) is 0 Å². The molecule has 0 spiro atoms. The predicted molar refractivity (Wildman–Crippen MR) is 85.3 cm³/mol. The second-order valence-electron chi connectivity index (χ2n) is 5.12. The molecule has 0 atom stereocenters. The lowest BCUT2D eigenvalue weighted by Crippen LogP contribution is -2.37. The fourth-order valence-electron chi connectivity index (χ4n) is 2.06. The zero-order valence-electron chi connectivity index (χ0n) is 14.1. The summed E-state index contributed by atoms with van der Waals surface area (Å²) in [6, 6.07) is 1.64. The van der Waals surface area contributed by atoms with E-state index in [1.165, 1.54) is 6.26 Å². The molecular formula is C16H26N2O5. The van der Waals surface area contributed by atoms with Crippen molar-refractivity contribution in [2.75, 3.05) is 47.1 Å². The number of ether oxygens (including phenoxy) is 2. The fourth-order valence-corrected chi connectivity index (χ4v) is 2.06. The van der Waals surface area contributed by atoms with Crippen LogP contribution in [-0.2, 0) is 14.3 Å². The average molecular weight is 326 g/mol. The predicted octanol–water partition coefficient (Wildman–Crippen LogP) is 1.22. The van der Waals surface area contributed by atoms with E-state index in [2.05, 4.69) is 5.32 Å². The topological polar surface area (TPSA) is 81.0 Å². The molecule has 0 bridgehead atoms. The van der Waals surface area contributed by atoms with Crippen molar-refractivity contribution in [3.63, 3.8) is 0 Å². The molecule has 0 aliphatic carbocycles. The Morgan fingerprint density at radius 3 is 2.57 bits per heavy atom. The van der Waals surface area contributed by atoms with Crippen molar-refractivity contribution in [3.05, 3.63) is 23.7 Å². The summed E-state index contributed by atoms with van der Waals surface area (Å²) in [6.07, 6.45) is 2.50. The third kappa shape index (κ3) is 6.83. The van der Waals surface area contributed by atoms with Gasteiger partial charge in [-0.1, -0.05) is 0 Å². The number of nitrogens with zero attached hydrogens (tertiary/aromatic N) is 1. The Balaban J connectivity index is 2.49. The first-order valence-electron chi connectivity index (χ1n) is 7.68. The summed E-state index contributed by atoms with van der Waals surface area (Å²) in [4.78, 5) is 25.9. The number of nitrogens with one attached hydrogen (secondary N) is 1. The molecule has 130 valence electrons. The molecule has 0 saturated heterocycles. The van der Waals surface area contributed by atoms with Gasteiger partial charge in [-0.3, -0.25) is 9.59 Å². The zero-order valence-corrected chi connectivity index (χ0v) is 14.1. The second kappa shape index (κ2) is 10.8.